The van der Waals surface area contributed by atoms with Crippen LogP contribution in [0.15, 0.2) is 42.9 Å². The minimum atomic E-state index is -3.47. The number of pyridine rings is 1. The van der Waals surface area contributed by atoms with Crippen LogP contribution >= 0.6 is 0 Å². The van der Waals surface area contributed by atoms with Crippen LogP contribution in [0.3, 0.4) is 0 Å². The number of anilines is 2. The van der Waals surface area contributed by atoms with E-state index in [0.717, 1.165) is 48.6 Å². The second kappa shape index (κ2) is 8.26. The van der Waals surface area contributed by atoms with Crippen LogP contribution < -0.4 is 9.21 Å². The average molecular weight is 445 g/mol. The van der Waals surface area contributed by atoms with Gasteiger partial charge in [-0.15, -0.1) is 10.2 Å². The van der Waals surface area contributed by atoms with Crippen LogP contribution in [0.2, 0.25) is 0 Å². The van der Waals surface area contributed by atoms with Gasteiger partial charge in [-0.3, -0.25) is 4.31 Å². The second-order valence-corrected chi connectivity index (χ2v) is 9.85. The van der Waals surface area contributed by atoms with E-state index < -0.39 is 16.0 Å². The van der Waals surface area contributed by atoms with Gasteiger partial charge in [-0.05, 0) is 31.0 Å². The Bertz CT molecular complexity index is 1170. The molecule has 10 heteroatoms. The molecule has 1 fully saturated rings. The highest BCUT2D eigenvalue weighted by atomic mass is 32.2. The molecule has 0 N–H and O–H groups in total. The molecule has 0 atom stereocenters. The molecule has 0 radical (unpaired) electrons. The van der Waals surface area contributed by atoms with E-state index in [-0.39, 0.29) is 0 Å². The predicted molar refractivity (Wildman–Crippen MR) is 118 cm³/mol. The van der Waals surface area contributed by atoms with E-state index in [1.807, 2.05) is 23.7 Å². The number of para-hydroxylation sites is 1. The van der Waals surface area contributed by atoms with Crippen LogP contribution in [0, 0.1) is 5.95 Å². The highest BCUT2D eigenvalue weighted by molar-refractivity contribution is 7.92. The minimum Gasteiger partial charge on any atom is -0.369 e. The van der Waals surface area contributed by atoms with E-state index >= 15 is 0 Å². The number of piperidine rings is 1. The van der Waals surface area contributed by atoms with Crippen molar-refractivity contribution in [2.75, 3.05) is 35.6 Å². The fourth-order valence-electron chi connectivity index (χ4n) is 4.09. The van der Waals surface area contributed by atoms with Crippen molar-refractivity contribution < 1.29 is 12.8 Å². The van der Waals surface area contributed by atoms with Crippen LogP contribution in [0.1, 0.15) is 24.6 Å². The van der Waals surface area contributed by atoms with Crippen LogP contribution in [0.4, 0.5) is 15.8 Å². The number of nitrogens with zero attached hydrogens (tertiary/aromatic N) is 6. The minimum absolute atomic E-state index is 0.291. The third-order valence-electron chi connectivity index (χ3n) is 5.81. The van der Waals surface area contributed by atoms with Gasteiger partial charge in [0.1, 0.15) is 12.2 Å². The molecule has 4 rings (SSSR count). The SMILES string of the molecule is CN(c1cccc(-c2ccc(F)nc2)c1N1CCC(c2nncn2C)CC1)S(C)(=O)=O. The van der Waals surface area contributed by atoms with Crippen LogP contribution in [-0.4, -0.2) is 54.6 Å². The Kier molecular flexibility index (Phi) is 5.65. The topological polar surface area (TPSA) is 84.2 Å². The highest BCUT2D eigenvalue weighted by Crippen LogP contribution is 2.42. The number of hydrogen-bond donors (Lipinski definition) is 0. The lowest BCUT2D eigenvalue weighted by molar-refractivity contribution is 0.474. The van der Waals surface area contributed by atoms with E-state index in [1.165, 1.54) is 22.8 Å². The summed E-state index contributed by atoms with van der Waals surface area (Å²) >= 11 is 0. The van der Waals surface area contributed by atoms with Gasteiger partial charge in [0.25, 0.3) is 0 Å². The Morgan fingerprint density at radius 2 is 1.90 bits per heavy atom. The first kappa shape index (κ1) is 21.2. The Labute approximate surface area is 181 Å². The Morgan fingerprint density at radius 3 is 2.48 bits per heavy atom. The zero-order valence-corrected chi connectivity index (χ0v) is 18.5. The van der Waals surface area contributed by atoms with Crippen molar-refractivity contribution in [3.05, 3.63) is 54.6 Å². The molecule has 8 nitrogen and oxygen atoms in total. The van der Waals surface area contributed by atoms with Crippen molar-refractivity contribution in [1.29, 1.82) is 0 Å². The van der Waals surface area contributed by atoms with E-state index in [2.05, 4.69) is 20.1 Å². The summed E-state index contributed by atoms with van der Waals surface area (Å²) in [7, 11) is 0.0258. The van der Waals surface area contributed by atoms with Crippen LogP contribution in [-0.2, 0) is 17.1 Å². The number of sulfonamides is 1. The van der Waals surface area contributed by atoms with Crippen molar-refractivity contribution in [2.24, 2.45) is 7.05 Å². The molecule has 0 aliphatic carbocycles. The maximum absolute atomic E-state index is 13.4. The van der Waals surface area contributed by atoms with E-state index in [9.17, 15) is 12.8 Å². The Morgan fingerprint density at radius 1 is 1.16 bits per heavy atom. The monoisotopic (exact) mass is 444 g/mol. The number of aromatic nitrogens is 4. The van der Waals surface area contributed by atoms with Gasteiger partial charge in [0.2, 0.25) is 16.0 Å². The zero-order valence-electron chi connectivity index (χ0n) is 17.7. The van der Waals surface area contributed by atoms with E-state index in [1.54, 1.807) is 25.5 Å². The van der Waals surface area contributed by atoms with E-state index in [0.29, 0.717) is 11.6 Å². The van der Waals surface area contributed by atoms with Gasteiger partial charge in [0.05, 0.1) is 17.6 Å². The number of benzene rings is 1. The van der Waals surface area contributed by atoms with Crippen LogP contribution in [0.25, 0.3) is 11.1 Å². The van der Waals surface area contributed by atoms with Crippen molar-refractivity contribution >= 4 is 21.4 Å². The maximum atomic E-state index is 13.4. The second-order valence-electron chi connectivity index (χ2n) is 7.83. The Balaban J connectivity index is 1.74. The quantitative estimate of drug-likeness (QED) is 0.563. The predicted octanol–water partition coefficient (Wildman–Crippen LogP) is 2.80. The number of rotatable bonds is 5. The van der Waals surface area contributed by atoms with Crippen molar-refractivity contribution in [2.45, 2.75) is 18.8 Å². The van der Waals surface area contributed by atoms with Gasteiger partial charge < -0.3 is 9.47 Å². The maximum Gasteiger partial charge on any atom is 0.232 e. The molecule has 1 saturated heterocycles. The van der Waals surface area contributed by atoms with Gasteiger partial charge in [0.15, 0.2) is 0 Å². The third-order valence-corrected chi connectivity index (χ3v) is 7.00. The lowest BCUT2D eigenvalue weighted by Crippen LogP contribution is -2.36. The summed E-state index contributed by atoms with van der Waals surface area (Å²) < 4.78 is 41.3. The fraction of sp³-hybridized carbons (Fsp3) is 0.381. The lowest BCUT2D eigenvalue weighted by Gasteiger charge is -2.37. The smallest absolute Gasteiger partial charge is 0.232 e. The zero-order chi connectivity index (χ0) is 22.2. The van der Waals surface area contributed by atoms with Crippen LogP contribution in [0.5, 0.6) is 0 Å². The molecule has 3 aromatic rings. The summed E-state index contributed by atoms with van der Waals surface area (Å²) in [5.74, 6) is 0.697. The summed E-state index contributed by atoms with van der Waals surface area (Å²) in [6, 6.07) is 8.50. The molecular weight excluding hydrogens is 419 g/mol. The summed E-state index contributed by atoms with van der Waals surface area (Å²) in [6.45, 7) is 1.46. The molecule has 1 aromatic carbocycles. The number of hydrogen-bond acceptors (Lipinski definition) is 6. The first-order chi connectivity index (χ1) is 14.8. The van der Waals surface area contributed by atoms with Crippen molar-refractivity contribution in [1.82, 2.24) is 19.7 Å². The normalized spacial score (nSPS) is 15.3. The molecule has 1 aliphatic rings. The summed E-state index contributed by atoms with van der Waals surface area (Å²) in [6.07, 6.45) is 6.10. The number of halogens is 1. The van der Waals surface area contributed by atoms with Gasteiger partial charge in [-0.1, -0.05) is 12.1 Å². The fourth-order valence-corrected chi connectivity index (χ4v) is 4.59. The van der Waals surface area contributed by atoms with Crippen molar-refractivity contribution in [3.63, 3.8) is 0 Å². The van der Waals surface area contributed by atoms with Gasteiger partial charge >= 0.3 is 0 Å². The molecule has 0 bridgehead atoms. The average Bonchev–Trinajstić information content (AvgIpc) is 3.18. The molecule has 2 aromatic heterocycles. The van der Waals surface area contributed by atoms with Gasteiger partial charge in [-0.2, -0.15) is 4.39 Å². The largest absolute Gasteiger partial charge is 0.369 e. The number of aryl methyl sites for hydroxylation is 1. The summed E-state index contributed by atoms with van der Waals surface area (Å²) in [4.78, 5) is 5.98. The third kappa shape index (κ3) is 4.25. The lowest BCUT2D eigenvalue weighted by atomic mass is 9.94. The Hall–Kier alpha value is -3.01. The molecule has 164 valence electrons. The molecule has 0 spiro atoms. The molecule has 0 unspecified atom stereocenters. The molecular formula is C21H25FN6O2S. The van der Waals surface area contributed by atoms with Gasteiger partial charge in [-0.25, -0.2) is 13.4 Å². The first-order valence-corrected chi connectivity index (χ1v) is 11.9. The van der Waals surface area contributed by atoms with E-state index in [4.69, 9.17) is 0 Å². The summed E-state index contributed by atoms with van der Waals surface area (Å²) in [5.41, 5.74) is 2.94. The molecule has 0 saturated carbocycles. The first-order valence-electron chi connectivity index (χ1n) is 10.0. The molecule has 1 aliphatic heterocycles. The molecule has 0 amide bonds. The summed E-state index contributed by atoms with van der Waals surface area (Å²) in [5, 5.41) is 8.24. The van der Waals surface area contributed by atoms with Crippen molar-refractivity contribution in [3.8, 4) is 11.1 Å². The van der Waals surface area contributed by atoms with Gasteiger partial charge in [0, 0.05) is 50.4 Å². The highest BCUT2D eigenvalue weighted by Gasteiger charge is 2.28. The molecule has 31 heavy (non-hydrogen) atoms. The molecule has 3 heterocycles. The standard InChI is InChI=1S/C21H25FN6O2S/c1-26-14-24-25-21(26)15-9-11-28(12-10-15)20-17(16-7-8-19(22)23-13-16)5-4-6-18(20)27(2)31(3,29)30/h4-8,13-15H,9-12H2,1-3H3.